The van der Waals surface area contributed by atoms with Crippen LogP contribution in [0.4, 0.5) is 0 Å². The standard InChI is InChI=1S/C11H17NO2.C11H15NO2.ClH/c2*1-12-8-7-10(13)9-5-3-4-6-11(9)14-2;/h3-6,10,12-13H,7-8H2,1-2H3;3-6,12H,7-8H2,1-2H3;1H/t10-;;/m1../s1. The van der Waals surface area contributed by atoms with E-state index in [1.54, 1.807) is 26.4 Å². The van der Waals surface area contributed by atoms with E-state index < -0.39 is 6.10 Å². The molecule has 6 nitrogen and oxygen atoms in total. The van der Waals surface area contributed by atoms with Gasteiger partial charge in [-0.15, -0.1) is 12.4 Å². The molecular formula is C22H33ClN2O4. The van der Waals surface area contributed by atoms with Crippen molar-refractivity contribution < 1.29 is 19.4 Å². The SMILES string of the molecule is CNCCC(=O)c1ccccc1OC.CNCC[C@@H](O)c1ccccc1OC.Cl. The second kappa shape index (κ2) is 15.8. The van der Waals surface area contributed by atoms with Gasteiger partial charge in [-0.1, -0.05) is 30.3 Å². The number of ketones is 1. The lowest BCUT2D eigenvalue weighted by molar-refractivity contribution is 0.0980. The van der Waals surface area contributed by atoms with E-state index in [2.05, 4.69) is 10.6 Å². The molecule has 0 unspecified atom stereocenters. The molecule has 0 spiro atoms. The van der Waals surface area contributed by atoms with Gasteiger partial charge in [0.05, 0.1) is 25.9 Å². The van der Waals surface area contributed by atoms with Gasteiger partial charge >= 0.3 is 0 Å². The van der Waals surface area contributed by atoms with Gasteiger partial charge in [-0.2, -0.15) is 0 Å². The number of aliphatic hydroxyl groups is 1. The minimum absolute atomic E-state index is 0. The highest BCUT2D eigenvalue weighted by molar-refractivity contribution is 5.98. The summed E-state index contributed by atoms with van der Waals surface area (Å²) in [4.78, 5) is 11.7. The van der Waals surface area contributed by atoms with Crippen LogP contribution in [-0.4, -0.2) is 52.3 Å². The maximum absolute atomic E-state index is 11.7. The van der Waals surface area contributed by atoms with E-state index in [9.17, 15) is 9.90 Å². The van der Waals surface area contributed by atoms with E-state index >= 15 is 0 Å². The van der Waals surface area contributed by atoms with Crippen molar-refractivity contribution in [2.45, 2.75) is 18.9 Å². The second-order valence-electron chi connectivity index (χ2n) is 6.13. The lowest BCUT2D eigenvalue weighted by Gasteiger charge is -2.14. The number of hydrogen-bond donors (Lipinski definition) is 3. The van der Waals surface area contributed by atoms with Gasteiger partial charge in [-0.05, 0) is 45.3 Å². The Bertz CT molecular complexity index is 713. The number of para-hydroxylation sites is 2. The molecule has 0 amide bonds. The van der Waals surface area contributed by atoms with Crippen molar-refractivity contribution in [1.29, 1.82) is 0 Å². The molecule has 162 valence electrons. The van der Waals surface area contributed by atoms with Gasteiger partial charge in [-0.25, -0.2) is 0 Å². The van der Waals surface area contributed by atoms with Crippen LogP contribution in [0.1, 0.15) is 34.9 Å². The first-order chi connectivity index (χ1) is 13.6. The molecule has 2 aromatic rings. The molecule has 0 bridgehead atoms. The van der Waals surface area contributed by atoms with Crippen molar-refractivity contribution in [3.63, 3.8) is 0 Å². The molecule has 0 aliphatic carbocycles. The average Bonchev–Trinajstić information content (AvgIpc) is 2.76. The molecule has 3 N–H and O–H groups in total. The van der Waals surface area contributed by atoms with Crippen molar-refractivity contribution >= 4 is 18.2 Å². The minimum atomic E-state index is -0.460. The Hall–Kier alpha value is -2.12. The number of aliphatic hydroxyl groups excluding tert-OH is 1. The minimum Gasteiger partial charge on any atom is -0.496 e. The van der Waals surface area contributed by atoms with Crippen LogP contribution in [0.2, 0.25) is 0 Å². The Labute approximate surface area is 180 Å². The molecule has 0 fully saturated rings. The Balaban J connectivity index is 0.000000523. The molecule has 0 saturated heterocycles. The Morgan fingerprint density at radius 2 is 1.48 bits per heavy atom. The van der Waals surface area contributed by atoms with E-state index in [0.29, 0.717) is 30.7 Å². The van der Waals surface area contributed by atoms with Crippen LogP contribution in [0, 0.1) is 0 Å². The zero-order valence-corrected chi connectivity index (χ0v) is 18.4. The van der Waals surface area contributed by atoms with Crippen molar-refractivity contribution in [3.8, 4) is 11.5 Å². The molecule has 0 saturated carbocycles. The third kappa shape index (κ3) is 9.28. The number of benzene rings is 2. The summed E-state index contributed by atoms with van der Waals surface area (Å²) in [5.74, 6) is 1.50. The van der Waals surface area contributed by atoms with Crippen LogP contribution in [0.5, 0.6) is 11.5 Å². The molecule has 2 rings (SSSR count). The second-order valence-corrected chi connectivity index (χ2v) is 6.13. The quantitative estimate of drug-likeness (QED) is 0.508. The van der Waals surface area contributed by atoms with Crippen LogP contribution < -0.4 is 20.1 Å². The third-order valence-corrected chi connectivity index (χ3v) is 4.18. The zero-order valence-electron chi connectivity index (χ0n) is 17.6. The molecule has 2 aromatic carbocycles. The monoisotopic (exact) mass is 424 g/mol. The summed E-state index contributed by atoms with van der Waals surface area (Å²) >= 11 is 0. The summed E-state index contributed by atoms with van der Waals surface area (Å²) in [7, 11) is 6.89. The smallest absolute Gasteiger partial charge is 0.167 e. The molecule has 1 atom stereocenters. The fourth-order valence-corrected chi connectivity index (χ4v) is 2.63. The number of methoxy groups -OCH3 is 2. The normalized spacial score (nSPS) is 10.8. The molecular weight excluding hydrogens is 392 g/mol. The number of halogens is 1. The van der Waals surface area contributed by atoms with Crippen LogP contribution in [0.25, 0.3) is 0 Å². The summed E-state index contributed by atoms with van der Waals surface area (Å²) in [6.07, 6.45) is 0.729. The summed E-state index contributed by atoms with van der Waals surface area (Å²) in [6, 6.07) is 14.8. The number of nitrogens with one attached hydrogen (secondary N) is 2. The van der Waals surface area contributed by atoms with Gasteiger partial charge in [0.25, 0.3) is 0 Å². The summed E-state index contributed by atoms with van der Waals surface area (Å²) in [5.41, 5.74) is 1.51. The van der Waals surface area contributed by atoms with Gasteiger partial charge in [0.2, 0.25) is 0 Å². The number of hydrogen-bond acceptors (Lipinski definition) is 6. The Morgan fingerprint density at radius 1 is 0.931 bits per heavy atom. The summed E-state index contributed by atoms with van der Waals surface area (Å²) in [5, 5.41) is 15.8. The number of ether oxygens (including phenoxy) is 2. The van der Waals surface area contributed by atoms with Gasteiger partial charge < -0.3 is 25.2 Å². The largest absolute Gasteiger partial charge is 0.496 e. The van der Waals surface area contributed by atoms with Gasteiger partial charge in [0, 0.05) is 18.5 Å². The lowest BCUT2D eigenvalue weighted by Crippen LogP contribution is -2.13. The average molecular weight is 425 g/mol. The zero-order chi connectivity index (χ0) is 20.8. The van der Waals surface area contributed by atoms with Crippen LogP contribution in [-0.2, 0) is 0 Å². The van der Waals surface area contributed by atoms with E-state index in [1.807, 2.05) is 50.5 Å². The summed E-state index contributed by atoms with van der Waals surface area (Å²) in [6.45, 7) is 1.48. The van der Waals surface area contributed by atoms with E-state index in [1.165, 1.54) is 0 Å². The highest BCUT2D eigenvalue weighted by Crippen LogP contribution is 2.26. The van der Waals surface area contributed by atoms with Gasteiger partial charge in [0.15, 0.2) is 5.78 Å². The first-order valence-corrected chi connectivity index (χ1v) is 9.35. The van der Waals surface area contributed by atoms with Crippen LogP contribution >= 0.6 is 12.4 Å². The van der Waals surface area contributed by atoms with Crippen molar-refractivity contribution in [1.82, 2.24) is 10.6 Å². The van der Waals surface area contributed by atoms with E-state index in [0.717, 1.165) is 17.9 Å². The van der Waals surface area contributed by atoms with Crippen LogP contribution in [0.15, 0.2) is 48.5 Å². The fourth-order valence-electron chi connectivity index (χ4n) is 2.63. The van der Waals surface area contributed by atoms with Gasteiger partial charge in [-0.3, -0.25) is 4.79 Å². The Kier molecular flexibility index (Phi) is 14.6. The first kappa shape index (κ1) is 26.9. The third-order valence-electron chi connectivity index (χ3n) is 4.18. The summed E-state index contributed by atoms with van der Waals surface area (Å²) < 4.78 is 10.3. The first-order valence-electron chi connectivity index (χ1n) is 9.35. The van der Waals surface area contributed by atoms with Crippen molar-refractivity contribution in [2.24, 2.45) is 0 Å². The maximum Gasteiger partial charge on any atom is 0.167 e. The predicted octanol–water partition coefficient (Wildman–Crippen LogP) is 3.25. The highest BCUT2D eigenvalue weighted by Gasteiger charge is 2.11. The molecule has 29 heavy (non-hydrogen) atoms. The molecule has 0 aliphatic heterocycles. The fraction of sp³-hybridized carbons (Fsp3) is 0.409. The maximum atomic E-state index is 11.7. The van der Waals surface area contributed by atoms with E-state index in [-0.39, 0.29) is 18.2 Å². The predicted molar refractivity (Wildman–Crippen MR) is 120 cm³/mol. The number of carbonyl (C=O) groups excluding carboxylic acids is 1. The molecule has 0 heterocycles. The van der Waals surface area contributed by atoms with Gasteiger partial charge in [0.1, 0.15) is 11.5 Å². The molecule has 0 aliphatic rings. The lowest BCUT2D eigenvalue weighted by atomic mass is 10.1. The highest BCUT2D eigenvalue weighted by atomic mass is 35.5. The number of carbonyl (C=O) groups is 1. The van der Waals surface area contributed by atoms with Crippen molar-refractivity contribution in [2.75, 3.05) is 41.4 Å². The van der Waals surface area contributed by atoms with Crippen LogP contribution in [0.3, 0.4) is 0 Å². The molecule has 0 radical (unpaired) electrons. The van der Waals surface area contributed by atoms with E-state index in [4.69, 9.17) is 9.47 Å². The molecule has 0 aromatic heterocycles. The Morgan fingerprint density at radius 3 is 2.07 bits per heavy atom. The number of Topliss-reactive ketones (excluding diaryl/α,β-unsaturated/α-hetero) is 1. The van der Waals surface area contributed by atoms with Crippen molar-refractivity contribution in [3.05, 3.63) is 59.7 Å². The number of rotatable bonds is 10. The topological polar surface area (TPSA) is 79.8 Å². The molecule has 7 heteroatoms.